The maximum atomic E-state index is 10.0. The van der Waals surface area contributed by atoms with E-state index in [9.17, 15) is 5.11 Å². The van der Waals surface area contributed by atoms with E-state index in [1.54, 1.807) is 5.57 Å². The van der Waals surface area contributed by atoms with Gasteiger partial charge in [0.1, 0.15) is 0 Å². The van der Waals surface area contributed by atoms with Gasteiger partial charge >= 0.3 is 0 Å². The Morgan fingerprint density at radius 2 is 1.86 bits per heavy atom. The van der Waals surface area contributed by atoms with Crippen LogP contribution in [0.1, 0.15) is 65.2 Å². The van der Waals surface area contributed by atoms with Gasteiger partial charge in [-0.15, -0.1) is 0 Å². The molecule has 4 aliphatic rings. The average molecular weight is 302 g/mol. The smallest absolute Gasteiger partial charge is 0.0577 e. The zero-order chi connectivity index (χ0) is 15.5. The second-order valence-corrected chi connectivity index (χ2v) is 8.73. The molecule has 3 fully saturated rings. The summed E-state index contributed by atoms with van der Waals surface area (Å²) in [6.45, 7) is 4.90. The fourth-order valence-corrected chi connectivity index (χ4v) is 6.64. The fraction of sp³-hybridized carbons (Fsp3) is 0.842. The maximum absolute atomic E-state index is 10.0. The summed E-state index contributed by atoms with van der Waals surface area (Å²) in [6.07, 6.45) is 11.6. The van der Waals surface area contributed by atoms with Gasteiger partial charge in [0, 0.05) is 11.1 Å². The third kappa shape index (κ3) is 1.81. The van der Waals surface area contributed by atoms with Crippen LogP contribution in [0, 0.1) is 28.6 Å². The third-order valence-corrected chi connectivity index (χ3v) is 7.97. The number of hydrogen-bond donors (Lipinski definition) is 2. The fourth-order valence-electron chi connectivity index (χ4n) is 6.64. The molecular weight excluding hydrogens is 272 g/mol. The minimum Gasteiger partial charge on any atom is -0.393 e. The van der Waals surface area contributed by atoms with Crippen molar-refractivity contribution in [3.8, 4) is 0 Å². The van der Waals surface area contributed by atoms with E-state index in [-0.39, 0.29) is 11.5 Å². The first-order chi connectivity index (χ1) is 10.5. The molecule has 0 saturated heterocycles. The minimum absolute atomic E-state index is 0.104. The molecule has 4 rings (SSSR count). The molecule has 0 aromatic heterocycles. The van der Waals surface area contributed by atoms with Gasteiger partial charge in [0.2, 0.25) is 0 Å². The third-order valence-electron chi connectivity index (χ3n) is 7.97. The van der Waals surface area contributed by atoms with E-state index >= 15 is 0 Å². The van der Waals surface area contributed by atoms with Crippen molar-refractivity contribution in [2.24, 2.45) is 39.5 Å². The van der Waals surface area contributed by atoms with Crippen LogP contribution in [0.5, 0.6) is 0 Å². The molecule has 6 atom stereocenters. The number of hydrazone groups is 1. The first kappa shape index (κ1) is 14.7. The predicted octanol–water partition coefficient (Wildman–Crippen LogP) is 3.62. The molecule has 3 N–H and O–H groups in total. The van der Waals surface area contributed by atoms with Crippen LogP contribution in [0.2, 0.25) is 0 Å². The zero-order valence-electron chi connectivity index (χ0n) is 14.0. The van der Waals surface area contributed by atoms with E-state index in [2.05, 4.69) is 25.0 Å². The zero-order valence-corrected chi connectivity index (χ0v) is 14.0. The quantitative estimate of drug-likeness (QED) is 0.408. The highest BCUT2D eigenvalue weighted by Gasteiger charge is 2.57. The topological polar surface area (TPSA) is 58.6 Å². The molecule has 0 aliphatic heterocycles. The lowest BCUT2D eigenvalue weighted by Crippen LogP contribution is -2.50. The van der Waals surface area contributed by atoms with Crippen LogP contribution in [0.15, 0.2) is 16.8 Å². The Kier molecular flexibility index (Phi) is 3.24. The number of aliphatic hydroxyl groups is 1. The molecular formula is C19H30N2O. The van der Waals surface area contributed by atoms with Crippen LogP contribution in [0.3, 0.4) is 0 Å². The average Bonchev–Trinajstić information content (AvgIpc) is 2.84. The van der Waals surface area contributed by atoms with E-state index in [1.807, 2.05) is 0 Å². The Morgan fingerprint density at radius 3 is 2.64 bits per heavy atom. The number of allylic oxidation sites excluding steroid dienone is 1. The van der Waals surface area contributed by atoms with Crippen molar-refractivity contribution in [1.29, 1.82) is 0 Å². The summed E-state index contributed by atoms with van der Waals surface area (Å²) in [7, 11) is 0. The highest BCUT2D eigenvalue weighted by molar-refractivity contribution is 5.92. The van der Waals surface area contributed by atoms with Crippen molar-refractivity contribution in [3.05, 3.63) is 11.6 Å². The summed E-state index contributed by atoms with van der Waals surface area (Å²) in [5.74, 6) is 8.04. The lowest BCUT2D eigenvalue weighted by Gasteiger charge is -2.57. The van der Waals surface area contributed by atoms with Gasteiger partial charge in [-0.2, -0.15) is 5.10 Å². The Labute approximate surface area is 134 Å². The molecule has 0 aromatic carbocycles. The van der Waals surface area contributed by atoms with E-state index in [0.29, 0.717) is 5.41 Å². The minimum atomic E-state index is -0.104. The van der Waals surface area contributed by atoms with Gasteiger partial charge in [0.25, 0.3) is 0 Å². The summed E-state index contributed by atoms with van der Waals surface area (Å²) >= 11 is 0. The summed E-state index contributed by atoms with van der Waals surface area (Å²) < 4.78 is 0. The number of rotatable bonds is 0. The van der Waals surface area contributed by atoms with Gasteiger partial charge in [0.05, 0.1) is 6.10 Å². The highest BCUT2D eigenvalue weighted by atomic mass is 16.3. The summed E-state index contributed by atoms with van der Waals surface area (Å²) in [6, 6.07) is 0. The van der Waals surface area contributed by atoms with Crippen molar-refractivity contribution in [2.75, 3.05) is 0 Å². The van der Waals surface area contributed by atoms with Crippen LogP contribution in [-0.2, 0) is 0 Å². The van der Waals surface area contributed by atoms with Crippen molar-refractivity contribution in [1.82, 2.24) is 0 Å². The number of nitrogens with zero attached hydrogens (tertiary/aromatic N) is 1. The Morgan fingerprint density at radius 1 is 1.14 bits per heavy atom. The highest BCUT2D eigenvalue weighted by Crippen LogP contribution is 2.64. The molecule has 122 valence electrons. The molecule has 0 heterocycles. The number of hydrogen-bond acceptors (Lipinski definition) is 3. The van der Waals surface area contributed by atoms with Crippen LogP contribution in [-0.4, -0.2) is 16.9 Å². The van der Waals surface area contributed by atoms with E-state index < -0.39 is 0 Å². The predicted molar refractivity (Wildman–Crippen MR) is 89.3 cm³/mol. The van der Waals surface area contributed by atoms with Crippen molar-refractivity contribution in [2.45, 2.75) is 71.3 Å². The van der Waals surface area contributed by atoms with Crippen LogP contribution < -0.4 is 5.84 Å². The number of nitrogens with two attached hydrogens (primary N) is 1. The van der Waals surface area contributed by atoms with Crippen molar-refractivity contribution >= 4 is 5.71 Å². The van der Waals surface area contributed by atoms with Gasteiger partial charge in [-0.25, -0.2) is 0 Å². The molecule has 0 aromatic rings. The second-order valence-electron chi connectivity index (χ2n) is 8.73. The van der Waals surface area contributed by atoms with E-state index in [1.165, 1.54) is 37.8 Å². The van der Waals surface area contributed by atoms with Gasteiger partial charge < -0.3 is 10.9 Å². The summed E-state index contributed by atoms with van der Waals surface area (Å²) in [5, 5.41) is 14.2. The summed E-state index contributed by atoms with van der Waals surface area (Å²) in [4.78, 5) is 0. The monoisotopic (exact) mass is 302 g/mol. The molecule has 0 radical (unpaired) electrons. The lowest BCUT2D eigenvalue weighted by atomic mass is 9.48. The Bertz CT molecular complexity index is 540. The van der Waals surface area contributed by atoms with Crippen LogP contribution in [0.4, 0.5) is 0 Å². The molecule has 3 heteroatoms. The first-order valence-electron chi connectivity index (χ1n) is 9.14. The number of aliphatic hydroxyl groups excluding tert-OH is 1. The second kappa shape index (κ2) is 4.83. The summed E-state index contributed by atoms with van der Waals surface area (Å²) in [5.41, 5.74) is 3.43. The first-order valence-corrected chi connectivity index (χ1v) is 9.14. The maximum Gasteiger partial charge on any atom is 0.0577 e. The van der Waals surface area contributed by atoms with Crippen LogP contribution >= 0.6 is 0 Å². The van der Waals surface area contributed by atoms with Gasteiger partial charge in [-0.05, 0) is 74.5 Å². The normalized spacial score (nSPS) is 52.7. The van der Waals surface area contributed by atoms with Gasteiger partial charge in [0.15, 0.2) is 0 Å². The lowest BCUT2D eigenvalue weighted by molar-refractivity contribution is -0.0209. The van der Waals surface area contributed by atoms with Gasteiger partial charge in [-0.3, -0.25) is 0 Å². The molecule has 0 amide bonds. The molecule has 4 aliphatic carbocycles. The van der Waals surface area contributed by atoms with E-state index in [0.717, 1.165) is 37.0 Å². The Balaban J connectivity index is 1.69. The molecule has 0 unspecified atom stereocenters. The molecule has 3 saturated carbocycles. The molecule has 3 nitrogen and oxygen atoms in total. The van der Waals surface area contributed by atoms with Crippen LogP contribution in [0.25, 0.3) is 0 Å². The SMILES string of the molecule is C[C@]12CC[C@H](O)CC1=CC[C@H]1[C@H]2CC[C@@]2(C)/C(=N/N)CC[C@H]12. The number of fused-ring (bicyclic) bond motifs is 5. The van der Waals surface area contributed by atoms with Crippen molar-refractivity contribution < 1.29 is 5.11 Å². The van der Waals surface area contributed by atoms with Gasteiger partial charge in [-0.1, -0.05) is 25.5 Å². The molecule has 0 bridgehead atoms. The van der Waals surface area contributed by atoms with E-state index in [4.69, 9.17) is 5.84 Å². The largest absolute Gasteiger partial charge is 0.393 e. The molecule has 22 heavy (non-hydrogen) atoms. The standard InChI is InChI=1S/C19H30N2O/c1-18-9-7-13(22)11-12(18)3-4-14-15-5-6-17(21-20)19(15,2)10-8-16(14)18/h3,13-16,22H,4-11,20H2,1-2H3/b21-17+/t13-,14+,15+,16+,18-,19+/m0/s1. The van der Waals surface area contributed by atoms with Crippen molar-refractivity contribution in [3.63, 3.8) is 0 Å². The Hall–Kier alpha value is -0.830. The molecule has 0 spiro atoms.